The van der Waals surface area contributed by atoms with E-state index in [0.717, 1.165) is 25.7 Å². The molecule has 2 aliphatic carbocycles. The fourth-order valence-corrected chi connectivity index (χ4v) is 7.86. The predicted molar refractivity (Wildman–Crippen MR) is 228 cm³/mol. The molecule has 1 unspecified atom stereocenters. The van der Waals surface area contributed by atoms with Gasteiger partial charge in [0.05, 0.1) is 24.2 Å². The van der Waals surface area contributed by atoms with Crippen molar-refractivity contribution >= 4 is 23.6 Å². The van der Waals surface area contributed by atoms with Crippen molar-refractivity contribution in [3.63, 3.8) is 0 Å². The number of ether oxygens (including phenoxy) is 2. The highest BCUT2D eigenvalue weighted by Crippen LogP contribution is 2.37. The Bertz CT molecular complexity index is 2350. The quantitative estimate of drug-likeness (QED) is 0.155. The zero-order valence-corrected chi connectivity index (χ0v) is 35.3. The first-order chi connectivity index (χ1) is 29.5. The van der Waals surface area contributed by atoms with Crippen LogP contribution in [-0.2, 0) is 22.7 Å². The van der Waals surface area contributed by atoms with Crippen LogP contribution < -0.4 is 31.6 Å². The predicted octanol–water partition coefficient (Wildman–Crippen LogP) is 3.18. The number of nitrogens with one attached hydrogen (secondary N) is 2. The minimum absolute atomic E-state index is 0.0405. The third kappa shape index (κ3) is 9.94. The van der Waals surface area contributed by atoms with Crippen LogP contribution in [0.15, 0.2) is 48.8 Å². The van der Waals surface area contributed by atoms with E-state index in [-0.39, 0.29) is 48.4 Å². The van der Waals surface area contributed by atoms with Crippen molar-refractivity contribution in [1.29, 1.82) is 0 Å². The molecule has 8 rings (SSSR count). The summed E-state index contributed by atoms with van der Waals surface area (Å²) in [7, 11) is 0. The minimum atomic E-state index is -0.944. The number of imidazole rings is 2. The van der Waals surface area contributed by atoms with E-state index in [1.807, 2.05) is 27.7 Å². The lowest BCUT2D eigenvalue weighted by molar-refractivity contribution is -0.129. The van der Waals surface area contributed by atoms with E-state index in [2.05, 4.69) is 44.3 Å². The molecular formula is C46H52N8O8. The number of amides is 4. The number of primary amides is 2. The van der Waals surface area contributed by atoms with Gasteiger partial charge in [-0.3, -0.25) is 19.2 Å². The zero-order valence-electron chi connectivity index (χ0n) is 35.3. The second-order valence-corrected chi connectivity index (χ2v) is 16.9. The van der Waals surface area contributed by atoms with Crippen LogP contribution in [0.2, 0.25) is 0 Å². The van der Waals surface area contributed by atoms with Crippen LogP contribution in [0.1, 0.15) is 111 Å². The molecule has 4 aromatic rings. The molecule has 2 fully saturated rings. The summed E-state index contributed by atoms with van der Waals surface area (Å²) in [6, 6.07) is 10.6. The van der Waals surface area contributed by atoms with Gasteiger partial charge in [-0.05, 0) is 115 Å². The standard InChI is InChI=1S/2C23H26N4O4/c2*1-14(2)25-22(29)19-13-27-12-17(20(24)28)26-21(27)16-11-15(5-6-18(16)31-19)7-10-23(30)8-3-4-9-23/h2*5-6,11-12,14,19,30H,3-4,8-9,13H2,1-2H3,(H2,24,28)(H,25,29)/t19-;/m1./s1. The maximum absolute atomic E-state index is 12.7. The third-order valence-electron chi connectivity index (χ3n) is 10.9. The van der Waals surface area contributed by atoms with Gasteiger partial charge in [0.2, 0.25) is 0 Å². The second kappa shape index (κ2) is 17.8. The van der Waals surface area contributed by atoms with Crippen molar-refractivity contribution in [2.75, 3.05) is 0 Å². The maximum atomic E-state index is 12.7. The van der Waals surface area contributed by atoms with E-state index in [9.17, 15) is 29.4 Å². The molecule has 2 aromatic carbocycles. The van der Waals surface area contributed by atoms with Gasteiger partial charge in [0.25, 0.3) is 23.6 Å². The molecule has 4 aliphatic rings. The van der Waals surface area contributed by atoms with Gasteiger partial charge < -0.3 is 50.9 Å². The van der Waals surface area contributed by atoms with Crippen LogP contribution in [0.25, 0.3) is 22.8 Å². The summed E-state index contributed by atoms with van der Waals surface area (Å²) in [5.41, 5.74) is 11.8. The van der Waals surface area contributed by atoms with E-state index in [4.69, 9.17) is 20.9 Å². The van der Waals surface area contributed by atoms with Crippen molar-refractivity contribution in [2.45, 2.75) is 128 Å². The van der Waals surface area contributed by atoms with Crippen molar-refractivity contribution < 1.29 is 38.9 Å². The molecule has 62 heavy (non-hydrogen) atoms. The number of hydrogen-bond acceptors (Lipinski definition) is 10. The molecule has 8 N–H and O–H groups in total. The lowest BCUT2D eigenvalue weighted by Crippen LogP contribution is -2.43. The molecule has 0 radical (unpaired) electrons. The first-order valence-corrected chi connectivity index (χ1v) is 21.0. The number of benzene rings is 2. The van der Waals surface area contributed by atoms with Crippen LogP contribution in [0.4, 0.5) is 0 Å². The molecule has 4 heterocycles. The van der Waals surface area contributed by atoms with Gasteiger partial charge in [0.1, 0.15) is 45.7 Å². The Morgan fingerprint density at radius 2 is 1.05 bits per heavy atom. The summed E-state index contributed by atoms with van der Waals surface area (Å²) in [5.74, 6) is 12.2. The molecule has 2 saturated carbocycles. The molecule has 324 valence electrons. The fraction of sp³-hybridized carbons (Fsp3) is 0.435. The summed E-state index contributed by atoms with van der Waals surface area (Å²) >= 11 is 0. The molecule has 0 bridgehead atoms. The molecule has 2 aliphatic heterocycles. The zero-order chi connectivity index (χ0) is 44.3. The molecule has 2 atom stereocenters. The SMILES string of the molecule is CC(C)NC(=O)C1Cn2cc(C(N)=O)nc2-c2cc(C#CC3(O)CCCC3)ccc2O1.CC(C)NC(=O)[C@H]1Cn2cc(C(N)=O)nc2-c2cc(C#CC3(O)CCCC3)ccc2O1. The molecular weight excluding hydrogens is 793 g/mol. The van der Waals surface area contributed by atoms with Crippen LogP contribution in [-0.4, -0.2) is 88.4 Å². The highest BCUT2D eigenvalue weighted by atomic mass is 16.5. The summed E-state index contributed by atoms with van der Waals surface area (Å²) in [6.45, 7) is 7.87. The van der Waals surface area contributed by atoms with E-state index in [0.29, 0.717) is 71.1 Å². The minimum Gasteiger partial charge on any atom is -0.478 e. The summed E-state index contributed by atoms with van der Waals surface area (Å²) in [5, 5.41) is 26.7. The number of rotatable bonds is 6. The Kier molecular flexibility index (Phi) is 12.5. The second-order valence-electron chi connectivity index (χ2n) is 16.9. The highest BCUT2D eigenvalue weighted by Gasteiger charge is 2.33. The number of nitrogens with zero attached hydrogens (tertiary/aromatic N) is 4. The van der Waals surface area contributed by atoms with Gasteiger partial charge in [-0.25, -0.2) is 9.97 Å². The Morgan fingerprint density at radius 3 is 1.39 bits per heavy atom. The lowest BCUT2D eigenvalue weighted by Gasteiger charge is -2.19. The van der Waals surface area contributed by atoms with Gasteiger partial charge in [-0.15, -0.1) is 0 Å². The van der Waals surface area contributed by atoms with Gasteiger partial charge in [-0.1, -0.05) is 23.7 Å². The monoisotopic (exact) mass is 844 g/mol. The molecule has 0 spiro atoms. The van der Waals surface area contributed by atoms with Crippen LogP contribution >= 0.6 is 0 Å². The summed E-state index contributed by atoms with van der Waals surface area (Å²) < 4.78 is 15.5. The highest BCUT2D eigenvalue weighted by molar-refractivity contribution is 5.92. The molecule has 4 amide bonds. The molecule has 0 saturated heterocycles. The topological polar surface area (TPSA) is 239 Å². The van der Waals surface area contributed by atoms with Crippen molar-refractivity contribution in [1.82, 2.24) is 29.7 Å². The number of aliphatic hydroxyl groups is 2. The van der Waals surface area contributed by atoms with Crippen LogP contribution in [0.5, 0.6) is 11.5 Å². The number of aromatic nitrogens is 4. The molecule has 2 aromatic heterocycles. The van der Waals surface area contributed by atoms with Crippen LogP contribution in [0.3, 0.4) is 0 Å². The first kappa shape index (κ1) is 43.5. The van der Waals surface area contributed by atoms with Crippen molar-refractivity contribution in [3.05, 3.63) is 71.3 Å². The molecule has 16 heteroatoms. The van der Waals surface area contributed by atoms with E-state index in [1.54, 1.807) is 45.5 Å². The van der Waals surface area contributed by atoms with Gasteiger partial charge in [0.15, 0.2) is 12.2 Å². The van der Waals surface area contributed by atoms with Crippen molar-refractivity contribution in [3.8, 4) is 58.0 Å². The van der Waals surface area contributed by atoms with E-state index < -0.39 is 35.2 Å². The summed E-state index contributed by atoms with van der Waals surface area (Å²) in [4.78, 5) is 57.5. The van der Waals surface area contributed by atoms with Gasteiger partial charge >= 0.3 is 0 Å². The average Bonchev–Trinajstić information content (AvgIpc) is 4.02. The van der Waals surface area contributed by atoms with Gasteiger partial charge in [0, 0.05) is 35.6 Å². The van der Waals surface area contributed by atoms with Crippen molar-refractivity contribution in [2.24, 2.45) is 11.5 Å². The lowest BCUT2D eigenvalue weighted by atomic mass is 10.0. The Balaban J connectivity index is 0.000000186. The fourth-order valence-electron chi connectivity index (χ4n) is 7.86. The largest absolute Gasteiger partial charge is 0.478 e. The van der Waals surface area contributed by atoms with E-state index >= 15 is 0 Å². The number of carbonyl (C=O) groups is 4. The Hall–Kier alpha value is -6.62. The summed E-state index contributed by atoms with van der Waals surface area (Å²) in [6.07, 6.45) is 8.04. The van der Waals surface area contributed by atoms with Crippen LogP contribution in [0, 0.1) is 23.7 Å². The van der Waals surface area contributed by atoms with E-state index in [1.165, 1.54) is 12.4 Å². The first-order valence-electron chi connectivity index (χ1n) is 21.0. The number of fused-ring (bicyclic) bond motifs is 6. The van der Waals surface area contributed by atoms with Gasteiger partial charge in [-0.2, -0.15) is 0 Å². The average molecular weight is 845 g/mol. The Morgan fingerprint density at radius 1 is 0.677 bits per heavy atom. The Labute approximate surface area is 359 Å². The number of nitrogens with two attached hydrogens (primary N) is 2. The number of hydrogen-bond donors (Lipinski definition) is 6. The third-order valence-corrected chi connectivity index (χ3v) is 10.9. The smallest absolute Gasteiger partial charge is 0.268 e. The maximum Gasteiger partial charge on any atom is 0.268 e. The normalized spacial score (nSPS) is 18.8. The molecule has 16 nitrogen and oxygen atoms in total. The number of carbonyl (C=O) groups excluding carboxylic acids is 4.